The molecule has 0 amide bonds. The molecule has 0 spiro atoms. The number of nitrogens with one attached hydrogen (secondary N) is 1. The number of halogens is 1. The summed E-state index contributed by atoms with van der Waals surface area (Å²) in [6.07, 6.45) is 1.11. The van der Waals surface area contributed by atoms with E-state index < -0.39 is 0 Å². The Bertz CT molecular complexity index is 598. The molecule has 0 aliphatic heterocycles. The third kappa shape index (κ3) is 3.98. The van der Waals surface area contributed by atoms with Gasteiger partial charge in [-0.1, -0.05) is 42.8 Å². The maximum absolute atomic E-state index is 5.58. The number of hydrogen-bond acceptors (Lipinski definition) is 2. The van der Waals surface area contributed by atoms with Crippen molar-refractivity contribution in [3.8, 4) is 5.75 Å². The van der Waals surface area contributed by atoms with E-state index in [2.05, 4.69) is 84.2 Å². The van der Waals surface area contributed by atoms with Crippen molar-refractivity contribution in [1.29, 1.82) is 0 Å². The molecule has 0 aromatic heterocycles. The Balaban J connectivity index is 2.50. The minimum atomic E-state index is 0.160. The van der Waals surface area contributed by atoms with Crippen molar-refractivity contribution in [2.45, 2.75) is 26.3 Å². The Kier molecular flexibility index (Phi) is 6.06. The Labute approximate surface area is 141 Å². The van der Waals surface area contributed by atoms with Gasteiger partial charge < -0.3 is 10.1 Å². The van der Waals surface area contributed by atoms with Crippen molar-refractivity contribution in [3.05, 3.63) is 62.7 Å². The van der Waals surface area contributed by atoms with Crippen LogP contribution < -0.4 is 10.1 Å². The summed E-state index contributed by atoms with van der Waals surface area (Å²) in [5, 5.41) is 3.66. The van der Waals surface area contributed by atoms with Gasteiger partial charge in [0.25, 0.3) is 0 Å². The lowest BCUT2D eigenvalue weighted by molar-refractivity contribution is 0.403. The van der Waals surface area contributed by atoms with Crippen LogP contribution in [0, 0.1) is 10.5 Å². The molecule has 0 aliphatic rings. The van der Waals surface area contributed by atoms with Crippen LogP contribution in [0.15, 0.2) is 42.5 Å². The molecule has 0 radical (unpaired) electrons. The highest BCUT2D eigenvalue weighted by atomic mass is 127. The van der Waals surface area contributed by atoms with Gasteiger partial charge in [0.15, 0.2) is 0 Å². The number of aryl methyl sites for hydroxylation is 1. The van der Waals surface area contributed by atoms with Crippen LogP contribution in [-0.4, -0.2) is 13.7 Å². The summed E-state index contributed by atoms with van der Waals surface area (Å²) in [6, 6.07) is 15.0. The molecule has 2 rings (SSSR count). The van der Waals surface area contributed by atoms with Crippen LogP contribution in [0.2, 0.25) is 0 Å². The normalized spacial score (nSPS) is 12.2. The molecular formula is C18H22INO. The summed E-state index contributed by atoms with van der Waals surface area (Å²) in [7, 11) is 1.74. The van der Waals surface area contributed by atoms with Gasteiger partial charge in [-0.25, -0.2) is 0 Å². The van der Waals surface area contributed by atoms with E-state index in [1.165, 1.54) is 20.3 Å². The van der Waals surface area contributed by atoms with Crippen LogP contribution in [0.25, 0.3) is 0 Å². The molecular weight excluding hydrogens is 373 g/mol. The van der Waals surface area contributed by atoms with Gasteiger partial charge in [-0.3, -0.25) is 0 Å². The van der Waals surface area contributed by atoms with E-state index in [9.17, 15) is 0 Å². The standard InChI is InChI=1S/C18H22INO/c1-4-11-20-18(14-7-5-6-8-16(14)19)15-12-13(2)9-10-17(15)21-3/h5-10,12,18,20H,4,11H2,1-3H3. The molecule has 1 unspecified atom stereocenters. The van der Waals surface area contributed by atoms with E-state index in [1.54, 1.807) is 7.11 Å². The first-order chi connectivity index (χ1) is 10.2. The molecule has 2 aromatic carbocycles. The third-order valence-electron chi connectivity index (χ3n) is 3.51. The smallest absolute Gasteiger partial charge is 0.124 e. The maximum atomic E-state index is 5.58. The highest BCUT2D eigenvalue weighted by Crippen LogP contribution is 2.33. The number of methoxy groups -OCH3 is 1. The van der Waals surface area contributed by atoms with Gasteiger partial charge in [0.2, 0.25) is 0 Å². The van der Waals surface area contributed by atoms with E-state index in [1.807, 2.05) is 0 Å². The fourth-order valence-electron chi connectivity index (χ4n) is 2.46. The molecule has 0 heterocycles. The molecule has 0 bridgehead atoms. The quantitative estimate of drug-likeness (QED) is 0.717. The van der Waals surface area contributed by atoms with Gasteiger partial charge in [0.05, 0.1) is 13.2 Å². The second kappa shape index (κ2) is 7.80. The summed E-state index contributed by atoms with van der Waals surface area (Å²) in [4.78, 5) is 0. The maximum Gasteiger partial charge on any atom is 0.124 e. The monoisotopic (exact) mass is 395 g/mol. The fourth-order valence-corrected chi connectivity index (χ4v) is 3.16. The Morgan fingerprint density at radius 1 is 1.14 bits per heavy atom. The van der Waals surface area contributed by atoms with Crippen molar-refractivity contribution in [3.63, 3.8) is 0 Å². The average Bonchev–Trinajstić information content (AvgIpc) is 2.49. The van der Waals surface area contributed by atoms with E-state index in [0.717, 1.165) is 18.7 Å². The Morgan fingerprint density at radius 3 is 2.57 bits per heavy atom. The van der Waals surface area contributed by atoms with Crippen LogP contribution in [0.5, 0.6) is 5.75 Å². The van der Waals surface area contributed by atoms with Crippen LogP contribution in [0.3, 0.4) is 0 Å². The number of rotatable bonds is 6. The van der Waals surface area contributed by atoms with Crippen LogP contribution in [0.1, 0.15) is 36.1 Å². The van der Waals surface area contributed by atoms with Gasteiger partial charge in [-0.05, 0) is 60.2 Å². The van der Waals surface area contributed by atoms with Gasteiger partial charge in [0.1, 0.15) is 5.75 Å². The minimum absolute atomic E-state index is 0.160. The molecule has 0 fully saturated rings. The molecule has 1 atom stereocenters. The predicted octanol–water partition coefficient (Wildman–Crippen LogP) is 4.70. The van der Waals surface area contributed by atoms with Gasteiger partial charge in [-0.2, -0.15) is 0 Å². The van der Waals surface area contributed by atoms with Gasteiger partial charge >= 0.3 is 0 Å². The second-order valence-corrected chi connectivity index (χ2v) is 6.32. The van der Waals surface area contributed by atoms with E-state index in [-0.39, 0.29) is 6.04 Å². The largest absolute Gasteiger partial charge is 0.496 e. The van der Waals surface area contributed by atoms with Crippen molar-refractivity contribution in [1.82, 2.24) is 5.32 Å². The summed E-state index contributed by atoms with van der Waals surface area (Å²) < 4.78 is 6.85. The Morgan fingerprint density at radius 2 is 1.90 bits per heavy atom. The van der Waals surface area contributed by atoms with Crippen LogP contribution >= 0.6 is 22.6 Å². The summed E-state index contributed by atoms with van der Waals surface area (Å²) in [6.45, 7) is 5.29. The SMILES string of the molecule is CCCNC(c1ccccc1I)c1cc(C)ccc1OC. The summed E-state index contributed by atoms with van der Waals surface area (Å²) >= 11 is 2.41. The first-order valence-electron chi connectivity index (χ1n) is 7.29. The van der Waals surface area contributed by atoms with Crippen molar-refractivity contribution in [2.24, 2.45) is 0 Å². The highest BCUT2D eigenvalue weighted by molar-refractivity contribution is 14.1. The van der Waals surface area contributed by atoms with Crippen molar-refractivity contribution >= 4 is 22.6 Å². The molecule has 2 aromatic rings. The average molecular weight is 395 g/mol. The Hall–Kier alpha value is -1.07. The van der Waals surface area contributed by atoms with E-state index in [0.29, 0.717) is 0 Å². The molecule has 21 heavy (non-hydrogen) atoms. The van der Waals surface area contributed by atoms with Crippen LogP contribution in [0.4, 0.5) is 0 Å². The fraction of sp³-hybridized carbons (Fsp3) is 0.333. The molecule has 0 saturated carbocycles. The van der Waals surface area contributed by atoms with Crippen molar-refractivity contribution < 1.29 is 4.74 Å². The zero-order valence-corrected chi connectivity index (χ0v) is 15.0. The predicted molar refractivity (Wildman–Crippen MR) is 97.0 cm³/mol. The highest BCUT2D eigenvalue weighted by Gasteiger charge is 2.19. The molecule has 112 valence electrons. The van der Waals surface area contributed by atoms with E-state index >= 15 is 0 Å². The third-order valence-corrected chi connectivity index (χ3v) is 4.49. The minimum Gasteiger partial charge on any atom is -0.496 e. The summed E-state index contributed by atoms with van der Waals surface area (Å²) in [5.41, 5.74) is 3.76. The molecule has 1 N–H and O–H groups in total. The second-order valence-electron chi connectivity index (χ2n) is 5.15. The zero-order valence-electron chi connectivity index (χ0n) is 12.8. The molecule has 2 nitrogen and oxygen atoms in total. The number of ether oxygens (including phenoxy) is 1. The van der Waals surface area contributed by atoms with Gasteiger partial charge in [0, 0.05) is 9.13 Å². The van der Waals surface area contributed by atoms with Crippen LogP contribution in [-0.2, 0) is 0 Å². The topological polar surface area (TPSA) is 21.3 Å². The zero-order chi connectivity index (χ0) is 15.2. The lowest BCUT2D eigenvalue weighted by Gasteiger charge is -2.23. The summed E-state index contributed by atoms with van der Waals surface area (Å²) in [5.74, 6) is 0.939. The number of hydrogen-bond donors (Lipinski definition) is 1. The first kappa shape index (κ1) is 16.3. The lowest BCUT2D eigenvalue weighted by atomic mass is 9.96. The number of benzene rings is 2. The van der Waals surface area contributed by atoms with Crippen molar-refractivity contribution in [2.75, 3.05) is 13.7 Å². The van der Waals surface area contributed by atoms with E-state index in [4.69, 9.17) is 4.74 Å². The van der Waals surface area contributed by atoms with Gasteiger partial charge in [-0.15, -0.1) is 0 Å². The molecule has 3 heteroatoms. The first-order valence-corrected chi connectivity index (χ1v) is 8.37. The lowest BCUT2D eigenvalue weighted by Crippen LogP contribution is -2.24. The molecule has 0 aliphatic carbocycles. The molecule has 0 saturated heterocycles.